The Balaban J connectivity index is 1.25. The molecule has 2 aliphatic heterocycles. The van der Waals surface area contributed by atoms with Crippen molar-refractivity contribution in [2.75, 3.05) is 13.1 Å². The van der Waals surface area contributed by atoms with Crippen LogP contribution in [0.2, 0.25) is 0 Å². The van der Waals surface area contributed by atoms with E-state index in [9.17, 15) is 18.8 Å². The molecule has 0 spiro atoms. The molecule has 0 bridgehead atoms. The quantitative estimate of drug-likeness (QED) is 0.598. The molecule has 2 aromatic carbocycles. The van der Waals surface area contributed by atoms with Crippen molar-refractivity contribution in [3.05, 3.63) is 71.7 Å². The maximum absolute atomic E-state index is 13.2. The lowest BCUT2D eigenvalue weighted by Gasteiger charge is -2.39. The summed E-state index contributed by atoms with van der Waals surface area (Å²) in [5.74, 6) is -0.751. The Morgan fingerprint density at radius 2 is 1.82 bits per heavy atom. The molecule has 33 heavy (non-hydrogen) atoms. The summed E-state index contributed by atoms with van der Waals surface area (Å²) in [6.07, 6.45) is 3.08. The second-order valence-electron chi connectivity index (χ2n) is 9.00. The minimum atomic E-state index is -1.02. The van der Waals surface area contributed by atoms with E-state index in [2.05, 4.69) is 10.3 Å². The summed E-state index contributed by atoms with van der Waals surface area (Å²) in [5, 5.41) is 3.87. The fourth-order valence-electron chi connectivity index (χ4n) is 4.94. The van der Waals surface area contributed by atoms with Crippen molar-refractivity contribution in [1.29, 1.82) is 0 Å². The Morgan fingerprint density at radius 3 is 2.55 bits per heavy atom. The number of urea groups is 1. The van der Waals surface area contributed by atoms with Crippen LogP contribution >= 0.6 is 0 Å². The summed E-state index contributed by atoms with van der Waals surface area (Å²) in [7, 11) is 0. The van der Waals surface area contributed by atoms with Gasteiger partial charge >= 0.3 is 6.03 Å². The van der Waals surface area contributed by atoms with Crippen LogP contribution in [-0.2, 0) is 11.3 Å². The number of imide groups is 1. The van der Waals surface area contributed by atoms with Gasteiger partial charge in [0.2, 0.25) is 0 Å². The highest BCUT2D eigenvalue weighted by Crippen LogP contribution is 2.34. The van der Waals surface area contributed by atoms with E-state index in [0.717, 1.165) is 10.9 Å². The number of carbonyl (C=O) groups excluding carboxylic acids is 3. The molecule has 3 aromatic rings. The van der Waals surface area contributed by atoms with Crippen LogP contribution in [0.4, 0.5) is 9.18 Å². The molecular weight excluding hydrogens is 423 g/mol. The lowest BCUT2D eigenvalue weighted by molar-refractivity contribution is -0.133. The highest BCUT2D eigenvalue weighted by molar-refractivity contribution is 6.07. The highest BCUT2D eigenvalue weighted by Gasteiger charge is 2.52. The summed E-state index contributed by atoms with van der Waals surface area (Å²) in [6, 6.07) is 12.9. The number of carbonyl (C=O) groups is 3. The van der Waals surface area contributed by atoms with Crippen molar-refractivity contribution in [3.63, 3.8) is 0 Å². The van der Waals surface area contributed by atoms with Gasteiger partial charge in [0.1, 0.15) is 11.4 Å². The van der Waals surface area contributed by atoms with Gasteiger partial charge in [-0.3, -0.25) is 14.5 Å². The smallest absolute Gasteiger partial charge is 0.325 e. The zero-order valence-corrected chi connectivity index (χ0v) is 18.3. The van der Waals surface area contributed by atoms with Crippen LogP contribution in [-0.4, -0.2) is 51.3 Å². The van der Waals surface area contributed by atoms with Gasteiger partial charge in [-0.15, -0.1) is 0 Å². The average molecular weight is 448 g/mol. The topological polar surface area (TPSA) is 85.5 Å². The molecule has 8 heteroatoms. The molecule has 170 valence electrons. The second kappa shape index (κ2) is 8.03. The number of aromatic nitrogens is 1. The van der Waals surface area contributed by atoms with Gasteiger partial charge in [0.25, 0.3) is 11.8 Å². The fourth-order valence-corrected chi connectivity index (χ4v) is 4.94. The van der Waals surface area contributed by atoms with Gasteiger partial charge in [0, 0.05) is 35.8 Å². The van der Waals surface area contributed by atoms with E-state index in [1.807, 2.05) is 35.4 Å². The van der Waals surface area contributed by atoms with Crippen LogP contribution in [0, 0.1) is 11.7 Å². The van der Waals surface area contributed by atoms with E-state index >= 15 is 0 Å². The zero-order chi connectivity index (χ0) is 23.2. The molecule has 2 saturated heterocycles. The summed E-state index contributed by atoms with van der Waals surface area (Å²) in [5.41, 5.74) is 1.29. The SMILES string of the molecule is CC1(C2CCN(C(=O)c3ccc4[nH]ccc4c3)CC2)NC(=O)N(Cc2ccc(F)cc2)C1=O. The number of fused-ring (bicyclic) bond motifs is 1. The van der Waals surface area contributed by atoms with Crippen molar-refractivity contribution in [2.24, 2.45) is 5.92 Å². The van der Waals surface area contributed by atoms with Gasteiger partial charge in [-0.25, -0.2) is 9.18 Å². The number of nitrogens with one attached hydrogen (secondary N) is 2. The van der Waals surface area contributed by atoms with Crippen LogP contribution in [0.15, 0.2) is 54.7 Å². The first-order chi connectivity index (χ1) is 15.8. The third-order valence-corrected chi connectivity index (χ3v) is 6.95. The molecule has 2 aliphatic rings. The van der Waals surface area contributed by atoms with E-state index in [1.165, 1.54) is 17.0 Å². The number of aromatic amines is 1. The number of benzene rings is 2. The average Bonchev–Trinajstić information content (AvgIpc) is 3.38. The Hall–Kier alpha value is -3.68. The molecule has 0 radical (unpaired) electrons. The molecule has 1 aromatic heterocycles. The summed E-state index contributed by atoms with van der Waals surface area (Å²) in [4.78, 5) is 45.0. The van der Waals surface area contributed by atoms with Crippen LogP contribution in [0.1, 0.15) is 35.7 Å². The molecule has 2 N–H and O–H groups in total. The predicted molar refractivity (Wildman–Crippen MR) is 121 cm³/mol. The van der Waals surface area contributed by atoms with Gasteiger partial charge in [-0.1, -0.05) is 12.1 Å². The molecule has 5 rings (SSSR count). The minimum Gasteiger partial charge on any atom is -0.361 e. The third kappa shape index (κ3) is 3.75. The number of H-pyrrole nitrogens is 1. The number of piperidine rings is 1. The van der Waals surface area contributed by atoms with E-state index in [1.54, 1.807) is 19.1 Å². The van der Waals surface area contributed by atoms with Crippen LogP contribution in [0.25, 0.3) is 10.9 Å². The lowest BCUT2D eigenvalue weighted by atomic mass is 9.78. The number of hydrogen-bond donors (Lipinski definition) is 2. The maximum atomic E-state index is 13.2. The normalized spacial score (nSPS) is 21.6. The molecule has 0 aliphatic carbocycles. The molecule has 0 saturated carbocycles. The van der Waals surface area contributed by atoms with Gasteiger partial charge in [0.15, 0.2) is 0 Å². The van der Waals surface area contributed by atoms with Gasteiger partial charge in [-0.05, 0) is 67.6 Å². The number of likely N-dealkylation sites (tertiary alicyclic amines) is 1. The van der Waals surface area contributed by atoms with Gasteiger partial charge < -0.3 is 15.2 Å². The number of rotatable bonds is 4. The molecule has 2 fully saturated rings. The predicted octanol–water partition coefficient (Wildman–Crippen LogP) is 3.67. The van der Waals surface area contributed by atoms with Crippen LogP contribution in [0.3, 0.4) is 0 Å². The first-order valence-electron chi connectivity index (χ1n) is 11.1. The molecule has 3 heterocycles. The van der Waals surface area contributed by atoms with E-state index < -0.39 is 11.6 Å². The largest absolute Gasteiger partial charge is 0.361 e. The van der Waals surface area contributed by atoms with Crippen LogP contribution < -0.4 is 5.32 Å². The first kappa shape index (κ1) is 21.2. The first-order valence-corrected chi connectivity index (χ1v) is 11.1. The van der Waals surface area contributed by atoms with E-state index in [-0.39, 0.29) is 30.1 Å². The number of nitrogens with zero attached hydrogens (tertiary/aromatic N) is 2. The Bertz CT molecular complexity index is 1230. The van der Waals surface area contributed by atoms with E-state index in [0.29, 0.717) is 37.1 Å². The zero-order valence-electron chi connectivity index (χ0n) is 18.3. The van der Waals surface area contributed by atoms with Crippen LogP contribution in [0.5, 0.6) is 0 Å². The molecule has 1 atom stereocenters. The lowest BCUT2D eigenvalue weighted by Crippen LogP contribution is -2.54. The molecular formula is C25H25FN4O3. The monoisotopic (exact) mass is 448 g/mol. The summed E-state index contributed by atoms with van der Waals surface area (Å²) < 4.78 is 13.2. The Kier molecular flexibility index (Phi) is 5.15. The van der Waals surface area contributed by atoms with Crippen molar-refractivity contribution in [2.45, 2.75) is 31.8 Å². The molecule has 1 unspecified atom stereocenters. The van der Waals surface area contributed by atoms with Gasteiger partial charge in [0.05, 0.1) is 6.54 Å². The Labute approximate surface area is 190 Å². The fraction of sp³-hybridized carbons (Fsp3) is 0.320. The maximum Gasteiger partial charge on any atom is 0.325 e. The number of halogens is 1. The van der Waals surface area contributed by atoms with Crippen molar-refractivity contribution in [3.8, 4) is 0 Å². The Morgan fingerprint density at radius 1 is 1.09 bits per heavy atom. The highest BCUT2D eigenvalue weighted by atomic mass is 19.1. The standard InChI is InChI=1S/C25H25FN4O3/c1-25(23(32)30(24(33)28-25)15-16-2-5-20(26)6-3-16)19-9-12-29(13-10-19)22(31)18-4-7-21-17(14-18)8-11-27-21/h2-8,11,14,19,27H,9-10,12-13,15H2,1H3,(H,28,33). The van der Waals surface area contributed by atoms with Crippen molar-refractivity contribution < 1.29 is 18.8 Å². The molecule has 7 nitrogen and oxygen atoms in total. The minimum absolute atomic E-state index is 0.0265. The molecule has 4 amide bonds. The van der Waals surface area contributed by atoms with Crippen molar-refractivity contribution in [1.82, 2.24) is 20.1 Å². The van der Waals surface area contributed by atoms with E-state index in [4.69, 9.17) is 0 Å². The summed E-state index contributed by atoms with van der Waals surface area (Å²) in [6.45, 7) is 2.90. The van der Waals surface area contributed by atoms with Crippen molar-refractivity contribution >= 4 is 28.7 Å². The third-order valence-electron chi connectivity index (χ3n) is 6.95. The van der Waals surface area contributed by atoms with Gasteiger partial charge in [-0.2, -0.15) is 0 Å². The number of amides is 4. The number of hydrogen-bond acceptors (Lipinski definition) is 3. The second-order valence-corrected chi connectivity index (χ2v) is 9.00. The summed E-state index contributed by atoms with van der Waals surface area (Å²) >= 11 is 0.